The molecule has 0 spiro atoms. The first-order valence-corrected chi connectivity index (χ1v) is 9.11. The molecule has 4 aromatic rings. The monoisotopic (exact) mass is 391 g/mol. The fourth-order valence-corrected chi connectivity index (χ4v) is 3.36. The molecule has 0 unspecified atom stereocenters. The fourth-order valence-electron chi connectivity index (χ4n) is 3.36. The Morgan fingerprint density at radius 2 is 1.79 bits per heavy atom. The van der Waals surface area contributed by atoms with E-state index >= 15 is 0 Å². The van der Waals surface area contributed by atoms with Crippen LogP contribution in [0.4, 0.5) is 20.3 Å². The zero-order valence-electron chi connectivity index (χ0n) is 15.9. The quantitative estimate of drug-likeness (QED) is 0.510. The fraction of sp³-hybridized carbons (Fsp3) is 0.136. The van der Waals surface area contributed by atoms with Gasteiger partial charge in [0, 0.05) is 17.1 Å². The molecular weight excluding hydrogens is 372 g/mol. The standard InChI is InChI=1S/C22H19F2N5/c1-12(29-22-21(25)13(2)27-11-28-22)18-10-26-19-7-6-16(24)9-17(19)20(18)14-4-3-5-15(23)8-14/h3-12H,25H2,1-2H3,(H,27,28,29)/t12-/m1/s1. The van der Waals surface area contributed by atoms with Crippen molar-refractivity contribution < 1.29 is 8.78 Å². The van der Waals surface area contributed by atoms with Gasteiger partial charge in [-0.1, -0.05) is 12.1 Å². The van der Waals surface area contributed by atoms with Gasteiger partial charge in [-0.25, -0.2) is 18.7 Å². The van der Waals surface area contributed by atoms with Crippen molar-refractivity contribution in [1.29, 1.82) is 0 Å². The highest BCUT2D eigenvalue weighted by atomic mass is 19.1. The Morgan fingerprint density at radius 1 is 1.00 bits per heavy atom. The van der Waals surface area contributed by atoms with Gasteiger partial charge < -0.3 is 11.1 Å². The van der Waals surface area contributed by atoms with Crippen LogP contribution in [0.5, 0.6) is 0 Å². The SMILES string of the molecule is Cc1ncnc(N[C@H](C)c2cnc3ccc(F)cc3c2-c2cccc(F)c2)c1N. The van der Waals surface area contributed by atoms with Crippen LogP contribution in [-0.2, 0) is 0 Å². The third kappa shape index (κ3) is 3.59. The first-order valence-electron chi connectivity index (χ1n) is 9.11. The van der Waals surface area contributed by atoms with E-state index < -0.39 is 0 Å². The average Bonchev–Trinajstić information content (AvgIpc) is 2.70. The van der Waals surface area contributed by atoms with E-state index in [0.29, 0.717) is 39.2 Å². The van der Waals surface area contributed by atoms with Gasteiger partial charge in [0.25, 0.3) is 0 Å². The second-order valence-electron chi connectivity index (χ2n) is 6.85. The van der Waals surface area contributed by atoms with E-state index in [4.69, 9.17) is 5.73 Å². The molecule has 0 fully saturated rings. The van der Waals surface area contributed by atoms with Gasteiger partial charge in [-0.15, -0.1) is 0 Å². The van der Waals surface area contributed by atoms with Crippen LogP contribution in [-0.4, -0.2) is 15.0 Å². The summed E-state index contributed by atoms with van der Waals surface area (Å²) in [6, 6.07) is 10.3. The van der Waals surface area contributed by atoms with Crippen LogP contribution >= 0.6 is 0 Å². The second-order valence-corrected chi connectivity index (χ2v) is 6.85. The van der Waals surface area contributed by atoms with Crippen LogP contribution in [0, 0.1) is 18.6 Å². The van der Waals surface area contributed by atoms with Crippen LogP contribution in [0.1, 0.15) is 24.2 Å². The summed E-state index contributed by atoms with van der Waals surface area (Å²) in [6.07, 6.45) is 3.14. The Bertz CT molecular complexity index is 1210. The van der Waals surface area contributed by atoms with Gasteiger partial charge in [-0.05, 0) is 55.3 Å². The lowest BCUT2D eigenvalue weighted by Gasteiger charge is -2.21. The maximum Gasteiger partial charge on any atom is 0.153 e. The first-order chi connectivity index (χ1) is 13.9. The molecule has 0 saturated carbocycles. The molecule has 146 valence electrons. The molecule has 0 saturated heterocycles. The lowest BCUT2D eigenvalue weighted by Crippen LogP contribution is -2.12. The van der Waals surface area contributed by atoms with Gasteiger partial charge in [0.1, 0.15) is 18.0 Å². The van der Waals surface area contributed by atoms with Gasteiger partial charge in [0.05, 0.1) is 22.9 Å². The van der Waals surface area contributed by atoms with E-state index in [0.717, 1.165) is 5.56 Å². The molecule has 0 aliphatic carbocycles. The van der Waals surface area contributed by atoms with Gasteiger partial charge >= 0.3 is 0 Å². The predicted molar refractivity (Wildman–Crippen MR) is 110 cm³/mol. The first kappa shape index (κ1) is 18.7. The maximum atomic E-state index is 14.0. The summed E-state index contributed by atoms with van der Waals surface area (Å²) in [5.41, 5.74) is 9.94. The molecule has 2 aromatic heterocycles. The van der Waals surface area contributed by atoms with Gasteiger partial charge in [0.2, 0.25) is 0 Å². The number of nitrogens with two attached hydrogens (primary N) is 1. The Labute approximate surface area is 166 Å². The number of benzene rings is 2. The number of hydrogen-bond donors (Lipinski definition) is 2. The largest absolute Gasteiger partial charge is 0.394 e. The number of hydrogen-bond acceptors (Lipinski definition) is 5. The van der Waals surface area contributed by atoms with Crippen molar-refractivity contribution in [2.75, 3.05) is 11.1 Å². The summed E-state index contributed by atoms with van der Waals surface area (Å²) < 4.78 is 28.0. The molecule has 2 heterocycles. The van der Waals surface area contributed by atoms with Crippen LogP contribution in [0.3, 0.4) is 0 Å². The molecule has 0 bridgehead atoms. The zero-order valence-corrected chi connectivity index (χ0v) is 15.9. The third-order valence-electron chi connectivity index (χ3n) is 4.88. The third-order valence-corrected chi connectivity index (χ3v) is 4.88. The zero-order chi connectivity index (χ0) is 20.5. The molecule has 0 amide bonds. The van der Waals surface area contributed by atoms with Crippen molar-refractivity contribution >= 4 is 22.4 Å². The number of halogens is 2. The smallest absolute Gasteiger partial charge is 0.153 e. The summed E-state index contributed by atoms with van der Waals surface area (Å²) in [6.45, 7) is 3.72. The van der Waals surface area contributed by atoms with Crippen LogP contribution in [0.15, 0.2) is 55.0 Å². The van der Waals surface area contributed by atoms with Crippen molar-refractivity contribution in [3.8, 4) is 11.1 Å². The molecule has 7 heteroatoms. The van der Waals surface area contributed by atoms with Crippen molar-refractivity contribution in [2.24, 2.45) is 0 Å². The molecule has 3 N–H and O–H groups in total. The minimum Gasteiger partial charge on any atom is -0.394 e. The Kier molecular flexibility index (Phi) is 4.80. The van der Waals surface area contributed by atoms with Crippen LogP contribution in [0.2, 0.25) is 0 Å². The highest BCUT2D eigenvalue weighted by molar-refractivity contribution is 5.96. The van der Waals surface area contributed by atoms with E-state index in [1.54, 1.807) is 31.3 Å². The summed E-state index contributed by atoms with van der Waals surface area (Å²) in [7, 11) is 0. The maximum absolute atomic E-state index is 14.0. The van der Waals surface area contributed by atoms with Crippen molar-refractivity contribution in [1.82, 2.24) is 15.0 Å². The molecule has 1 atom stereocenters. The van der Waals surface area contributed by atoms with Crippen molar-refractivity contribution in [2.45, 2.75) is 19.9 Å². The number of fused-ring (bicyclic) bond motifs is 1. The molecule has 29 heavy (non-hydrogen) atoms. The lowest BCUT2D eigenvalue weighted by molar-refractivity contribution is 0.628. The van der Waals surface area contributed by atoms with Gasteiger partial charge in [-0.2, -0.15) is 0 Å². The lowest BCUT2D eigenvalue weighted by atomic mass is 9.93. The Hall–Kier alpha value is -3.61. The minimum absolute atomic E-state index is 0.287. The summed E-state index contributed by atoms with van der Waals surface area (Å²) in [5.74, 6) is -0.258. The van der Waals surface area contributed by atoms with Crippen molar-refractivity contribution in [3.05, 3.63) is 77.9 Å². The highest BCUT2D eigenvalue weighted by Gasteiger charge is 2.18. The van der Waals surface area contributed by atoms with E-state index in [2.05, 4.69) is 20.3 Å². The van der Waals surface area contributed by atoms with Crippen molar-refractivity contribution in [3.63, 3.8) is 0 Å². The average molecular weight is 391 g/mol. The van der Waals surface area contributed by atoms with E-state index in [-0.39, 0.29) is 17.7 Å². The number of nitrogen functional groups attached to an aromatic ring is 1. The number of pyridine rings is 1. The normalized spacial score (nSPS) is 12.1. The minimum atomic E-state index is -0.384. The topological polar surface area (TPSA) is 76.7 Å². The van der Waals surface area contributed by atoms with Crippen LogP contribution in [0.25, 0.3) is 22.0 Å². The molecule has 0 aliphatic heterocycles. The summed E-state index contributed by atoms with van der Waals surface area (Å²) in [5, 5.41) is 3.87. The molecule has 2 aromatic carbocycles. The number of rotatable bonds is 4. The molecular formula is C22H19F2N5. The van der Waals surface area contributed by atoms with Gasteiger partial charge in [-0.3, -0.25) is 4.98 Å². The second kappa shape index (κ2) is 7.43. The molecule has 5 nitrogen and oxygen atoms in total. The van der Waals surface area contributed by atoms with E-state index in [1.807, 2.05) is 6.92 Å². The molecule has 0 radical (unpaired) electrons. The van der Waals surface area contributed by atoms with Crippen LogP contribution < -0.4 is 11.1 Å². The number of nitrogens with one attached hydrogen (secondary N) is 1. The molecule has 0 aliphatic rings. The van der Waals surface area contributed by atoms with E-state index in [1.165, 1.54) is 30.6 Å². The number of aryl methyl sites for hydroxylation is 1. The van der Waals surface area contributed by atoms with Gasteiger partial charge in [0.15, 0.2) is 5.82 Å². The molecule has 4 rings (SSSR count). The Balaban J connectivity index is 1.89. The predicted octanol–water partition coefficient (Wildman–Crippen LogP) is 5.03. The number of aromatic nitrogens is 3. The summed E-state index contributed by atoms with van der Waals surface area (Å²) in [4.78, 5) is 12.8. The van der Waals surface area contributed by atoms with E-state index in [9.17, 15) is 8.78 Å². The summed E-state index contributed by atoms with van der Waals surface area (Å²) >= 11 is 0. The highest BCUT2D eigenvalue weighted by Crippen LogP contribution is 2.36. The number of anilines is 2. The Morgan fingerprint density at radius 3 is 2.59 bits per heavy atom. The number of nitrogens with zero attached hydrogens (tertiary/aromatic N) is 3.